The maximum atomic E-state index is 15.8. The van der Waals surface area contributed by atoms with E-state index in [4.69, 9.17) is 11.6 Å². The van der Waals surface area contributed by atoms with Gasteiger partial charge in [0, 0.05) is 80.6 Å². The summed E-state index contributed by atoms with van der Waals surface area (Å²) in [5.74, 6) is -11.8. The number of piperidine rings is 1. The van der Waals surface area contributed by atoms with Crippen molar-refractivity contribution in [3.8, 4) is 0 Å². The molecule has 0 aromatic carbocycles. The molecule has 0 aromatic heterocycles. The number of rotatable bonds is 12. The molecule has 103 heavy (non-hydrogen) atoms. The van der Waals surface area contributed by atoms with Crippen molar-refractivity contribution < 1.29 is 79.1 Å². The second-order valence-electron chi connectivity index (χ2n) is 31.4. The van der Waals surface area contributed by atoms with Crippen LogP contribution >= 0.6 is 11.6 Å². The van der Waals surface area contributed by atoms with Gasteiger partial charge in [-0.2, -0.15) is 13.2 Å². The molecule has 7 fully saturated rings. The van der Waals surface area contributed by atoms with Crippen LogP contribution in [-0.2, 0) is 67.4 Å². The van der Waals surface area contributed by atoms with Gasteiger partial charge in [-0.1, -0.05) is 78.1 Å². The van der Waals surface area contributed by atoms with Gasteiger partial charge in [0.15, 0.2) is 0 Å². The van der Waals surface area contributed by atoms with Crippen LogP contribution < -0.4 is 16.0 Å². The maximum absolute atomic E-state index is 15.8. The summed E-state index contributed by atoms with van der Waals surface area (Å²) in [7, 11) is 5.87. The average molecular weight is 1500 g/mol. The Balaban J connectivity index is 1.28. The van der Waals surface area contributed by atoms with Crippen LogP contribution in [0.2, 0.25) is 0 Å². The van der Waals surface area contributed by atoms with Crippen LogP contribution in [0, 0.1) is 29.6 Å². The highest BCUT2D eigenvalue weighted by Crippen LogP contribution is 2.44. The van der Waals surface area contributed by atoms with E-state index in [1.807, 2.05) is 0 Å². The summed E-state index contributed by atoms with van der Waals surface area (Å²) in [6, 6.07) is -9.26. The lowest BCUT2D eigenvalue weighted by Gasteiger charge is -2.43. The van der Waals surface area contributed by atoms with Crippen LogP contribution in [0.15, 0.2) is 0 Å². The van der Waals surface area contributed by atoms with E-state index in [0.717, 1.165) is 83.6 Å². The summed E-state index contributed by atoms with van der Waals surface area (Å²) in [6.45, 7) is 2.46. The Morgan fingerprint density at radius 2 is 1.16 bits per heavy atom. The number of nitrogens with zero attached hydrogens (tertiary/aromatic N) is 9. The molecule has 0 radical (unpaired) electrons. The predicted octanol–water partition coefficient (Wildman–Crippen LogP) is 4.87. The van der Waals surface area contributed by atoms with E-state index in [2.05, 4.69) is 16.0 Å². The van der Waals surface area contributed by atoms with E-state index in [0.29, 0.717) is 58.0 Å². The minimum absolute atomic E-state index is 0.00582. The normalized spacial score (nSPS) is 29.4. The second-order valence-corrected chi connectivity index (χ2v) is 34.2. The maximum Gasteiger partial charge on any atom is 0.393 e. The topological polar surface area (TPSA) is 304 Å². The van der Waals surface area contributed by atoms with E-state index in [1.165, 1.54) is 68.9 Å². The molecule has 4 aliphatic carbocycles. The largest absolute Gasteiger partial charge is 0.393 e. The molecule has 31 heteroatoms. The van der Waals surface area contributed by atoms with Crippen molar-refractivity contribution in [3.63, 3.8) is 0 Å². The highest BCUT2D eigenvalue weighted by molar-refractivity contribution is 7.90. The fourth-order valence-corrected chi connectivity index (χ4v) is 18.0. The van der Waals surface area contributed by atoms with Gasteiger partial charge in [-0.25, -0.2) is 8.42 Å². The zero-order valence-electron chi connectivity index (χ0n) is 62.4. The van der Waals surface area contributed by atoms with Crippen LogP contribution in [0.1, 0.15) is 194 Å². The molecule has 7 aliphatic rings. The standard InChI is InChI=1S/C72H116ClF3N12O14S/c1-46(2)39-55-63(93)78-53(32-38-103(10,101)102)65(95)82(5)44-60(91)80(3)45-61(92)84(7)56(41-47-23-14-11-15-24-47)67(97)81(4)43-58(89)77-52(31-29-48-28-30-50(51(73)40-48)72(74,75)76)66(96)88-37-22-27-54(88)64(94)79-71(33-18-19-34-71)70(100)86(9)62(49-25-16-12-17-26-49)69(99)85(8)57(42-59(90)83(55)6)68(98)87-35-20-13-21-36-87/h46-57,62H,11-45H2,1-10H3,(H,77,89)(H,78,93)(H,79,94)/t48?,50?,51?,52-,53-,54-,55-,56-,57-,62-/m0/s1. The van der Waals surface area contributed by atoms with E-state index in [9.17, 15) is 50.4 Å². The van der Waals surface area contributed by atoms with Gasteiger partial charge in [-0.05, 0) is 133 Å². The number of alkyl halides is 4. The fraction of sp³-hybridized carbons (Fsp3) is 0.833. The zero-order chi connectivity index (χ0) is 76.0. The molecule has 3 aliphatic heterocycles. The van der Waals surface area contributed by atoms with Gasteiger partial charge >= 0.3 is 6.18 Å². The second kappa shape index (κ2) is 37.3. The van der Waals surface area contributed by atoms with Crippen LogP contribution in [0.3, 0.4) is 0 Å². The summed E-state index contributed by atoms with van der Waals surface area (Å²) in [5.41, 5.74) is -1.58. The van der Waals surface area contributed by atoms with Crippen molar-refractivity contribution in [3.05, 3.63) is 0 Å². The summed E-state index contributed by atoms with van der Waals surface area (Å²) >= 11 is 6.40. The van der Waals surface area contributed by atoms with Crippen molar-refractivity contribution in [1.82, 2.24) is 60.0 Å². The fourth-order valence-electron chi connectivity index (χ4n) is 16.8. The summed E-state index contributed by atoms with van der Waals surface area (Å²) in [5, 5.41) is 7.35. The molecule has 0 aromatic rings. The zero-order valence-corrected chi connectivity index (χ0v) is 64.0. The third-order valence-corrected chi connectivity index (χ3v) is 24.5. The summed E-state index contributed by atoms with van der Waals surface area (Å²) < 4.78 is 67.5. The van der Waals surface area contributed by atoms with Crippen molar-refractivity contribution in [2.75, 3.05) is 101 Å². The van der Waals surface area contributed by atoms with E-state index < -0.39 is 190 Å². The SMILES string of the molecule is CC(C)C[C@H]1C(=O)N[C@@H](CCS(C)(=O)=O)C(=O)N(C)CC(=O)N(C)CC(=O)N(C)[C@@H](CC2CCCCC2)C(=O)N(C)CC(=O)N[C@@H](CCC2CCC(C(F)(F)F)C(Cl)C2)C(=O)N2CCC[C@H]2C(=O)NC2(CCCC2)C(=O)N(C)[C@@H](C2CCCCC2)C(=O)N(C)[C@H](C(=O)N2CCCCC2)CC(=O)N1C. The van der Waals surface area contributed by atoms with E-state index >= 15 is 28.8 Å². The van der Waals surface area contributed by atoms with Crippen LogP contribution in [0.25, 0.3) is 0 Å². The van der Waals surface area contributed by atoms with Gasteiger partial charge in [0.1, 0.15) is 57.7 Å². The lowest BCUT2D eigenvalue weighted by Crippen LogP contribution is -2.65. The van der Waals surface area contributed by atoms with Crippen LogP contribution in [0.4, 0.5) is 13.2 Å². The third kappa shape index (κ3) is 22.4. The predicted molar refractivity (Wildman–Crippen MR) is 379 cm³/mol. The molecular weight excluding hydrogens is 1380 g/mol. The Hall–Kier alpha value is -6.33. The highest BCUT2D eigenvalue weighted by Gasteiger charge is 2.52. The quantitative estimate of drug-likeness (QED) is 0.220. The van der Waals surface area contributed by atoms with Gasteiger partial charge in [0.2, 0.25) is 70.9 Å². The van der Waals surface area contributed by atoms with Gasteiger partial charge in [0.05, 0.1) is 37.7 Å². The summed E-state index contributed by atoms with van der Waals surface area (Å²) in [4.78, 5) is 191. The Labute approximate surface area is 611 Å². The average Bonchev–Trinajstić information content (AvgIpc) is 1.75. The Bertz CT molecular complexity index is 3140. The minimum Gasteiger partial charge on any atom is -0.343 e. The number of fused-ring (bicyclic) bond motifs is 1. The number of hydrogen-bond donors (Lipinski definition) is 3. The molecule has 3 unspecified atom stereocenters. The first-order valence-electron chi connectivity index (χ1n) is 37.6. The van der Waals surface area contributed by atoms with Gasteiger partial charge < -0.3 is 60.0 Å². The number of hydrogen-bond acceptors (Lipinski definition) is 14. The smallest absolute Gasteiger partial charge is 0.343 e. The van der Waals surface area contributed by atoms with Crippen LogP contribution in [0.5, 0.6) is 0 Å². The molecule has 582 valence electrons. The number of nitrogens with one attached hydrogen (secondary N) is 3. The molecule has 3 N–H and O–H groups in total. The van der Waals surface area contributed by atoms with E-state index in [-0.39, 0.29) is 88.5 Å². The number of likely N-dealkylation sites (tertiary alicyclic amines) is 1. The Kier molecular flexibility index (Phi) is 30.4. The van der Waals surface area contributed by atoms with Crippen molar-refractivity contribution in [2.45, 2.75) is 253 Å². The highest BCUT2D eigenvalue weighted by atomic mass is 35.5. The number of likely N-dealkylation sites (N-methyl/N-ethyl adjacent to an activating group) is 7. The molecule has 1 spiro atoms. The number of sulfone groups is 1. The molecular formula is C72H116ClF3N12O14S. The van der Waals surface area contributed by atoms with Crippen molar-refractivity contribution in [1.29, 1.82) is 0 Å². The van der Waals surface area contributed by atoms with Gasteiger partial charge in [-0.15, -0.1) is 11.6 Å². The molecule has 0 bridgehead atoms. The van der Waals surface area contributed by atoms with Crippen molar-refractivity contribution in [2.24, 2.45) is 29.6 Å². The molecule has 10 atom stereocenters. The third-order valence-electron chi connectivity index (χ3n) is 23.1. The first-order chi connectivity index (χ1) is 48.4. The number of amides is 12. The first-order valence-corrected chi connectivity index (χ1v) is 40.1. The summed E-state index contributed by atoms with van der Waals surface area (Å²) in [6.07, 6.45) is 7.15. The molecule has 4 saturated carbocycles. The van der Waals surface area contributed by atoms with Crippen LogP contribution in [-0.4, -0.2) is 283 Å². The lowest BCUT2D eigenvalue weighted by atomic mass is 9.78. The Morgan fingerprint density at radius 1 is 0.573 bits per heavy atom. The minimum atomic E-state index is -4.52. The van der Waals surface area contributed by atoms with Crippen molar-refractivity contribution >= 4 is 92.3 Å². The van der Waals surface area contributed by atoms with E-state index in [1.54, 1.807) is 18.7 Å². The van der Waals surface area contributed by atoms with Gasteiger partial charge in [-0.3, -0.25) is 57.5 Å². The molecule has 12 amide bonds. The molecule has 26 nitrogen and oxygen atoms in total. The monoisotopic (exact) mass is 1500 g/mol. The Morgan fingerprint density at radius 3 is 1.76 bits per heavy atom. The number of carbonyl (C=O) groups excluding carboxylic acids is 12. The number of carbonyl (C=O) groups is 12. The number of halogens is 4. The molecule has 3 saturated heterocycles. The van der Waals surface area contributed by atoms with Gasteiger partial charge in [0.25, 0.3) is 0 Å². The molecule has 3 heterocycles. The molecule has 7 rings (SSSR count). The first kappa shape index (κ1) is 83.9. The lowest BCUT2D eigenvalue weighted by molar-refractivity contribution is -0.182.